The topological polar surface area (TPSA) is 81.1 Å². The average Bonchev–Trinajstić information content (AvgIpc) is 3.00. The SMILES string of the molecule is CC(=O)c1cccc(NC(=O)Cn2c(C)nc3c(c2=O)CCC3)c1. The van der Waals surface area contributed by atoms with Crippen molar-refractivity contribution in [2.75, 3.05) is 5.32 Å². The Balaban J connectivity index is 1.80. The van der Waals surface area contributed by atoms with Crippen molar-refractivity contribution in [3.63, 3.8) is 0 Å². The largest absolute Gasteiger partial charge is 0.325 e. The van der Waals surface area contributed by atoms with Gasteiger partial charge in [0.25, 0.3) is 5.56 Å². The van der Waals surface area contributed by atoms with Crippen molar-refractivity contribution >= 4 is 17.4 Å². The van der Waals surface area contributed by atoms with Gasteiger partial charge in [0.1, 0.15) is 12.4 Å². The molecule has 0 bridgehead atoms. The van der Waals surface area contributed by atoms with Crippen LogP contribution in [0, 0.1) is 6.92 Å². The van der Waals surface area contributed by atoms with Crippen LogP contribution in [-0.4, -0.2) is 21.2 Å². The lowest BCUT2D eigenvalue weighted by molar-refractivity contribution is -0.116. The molecule has 2 aromatic rings. The minimum Gasteiger partial charge on any atom is -0.325 e. The van der Waals surface area contributed by atoms with E-state index in [9.17, 15) is 14.4 Å². The Hall–Kier alpha value is -2.76. The number of benzene rings is 1. The standard InChI is InChI=1S/C18H19N3O3/c1-11(22)13-5-3-6-14(9-13)20-17(23)10-21-12(2)19-16-8-4-7-15(16)18(21)24/h3,5-6,9H,4,7-8,10H2,1-2H3,(H,20,23). The van der Waals surface area contributed by atoms with Gasteiger partial charge in [-0.25, -0.2) is 4.98 Å². The molecule has 0 saturated carbocycles. The van der Waals surface area contributed by atoms with Crippen molar-refractivity contribution in [3.05, 3.63) is 57.3 Å². The highest BCUT2D eigenvalue weighted by Gasteiger charge is 2.20. The van der Waals surface area contributed by atoms with Crippen LogP contribution in [0.15, 0.2) is 29.1 Å². The van der Waals surface area contributed by atoms with Gasteiger partial charge < -0.3 is 5.32 Å². The fourth-order valence-corrected chi connectivity index (χ4v) is 2.99. The van der Waals surface area contributed by atoms with Crippen LogP contribution < -0.4 is 10.9 Å². The van der Waals surface area contributed by atoms with Crippen LogP contribution in [0.4, 0.5) is 5.69 Å². The molecule has 1 heterocycles. The molecule has 1 aliphatic rings. The number of ketones is 1. The minimum absolute atomic E-state index is 0.0685. The molecular formula is C18H19N3O3. The lowest BCUT2D eigenvalue weighted by atomic mass is 10.1. The van der Waals surface area contributed by atoms with Gasteiger partial charge in [0.2, 0.25) is 5.91 Å². The number of aromatic nitrogens is 2. The Morgan fingerprint density at radius 2 is 2.08 bits per heavy atom. The number of hydrogen-bond donors (Lipinski definition) is 1. The molecule has 0 aliphatic heterocycles. The number of amides is 1. The molecule has 1 amide bonds. The smallest absolute Gasteiger partial charge is 0.257 e. The van der Waals surface area contributed by atoms with Gasteiger partial charge in [-0.15, -0.1) is 0 Å². The molecule has 1 aliphatic carbocycles. The number of nitrogens with one attached hydrogen (secondary N) is 1. The summed E-state index contributed by atoms with van der Waals surface area (Å²) < 4.78 is 1.41. The molecular weight excluding hydrogens is 306 g/mol. The predicted octanol–water partition coefficient (Wildman–Crippen LogP) is 1.88. The summed E-state index contributed by atoms with van der Waals surface area (Å²) in [6.45, 7) is 3.12. The predicted molar refractivity (Wildman–Crippen MR) is 90.3 cm³/mol. The van der Waals surface area contributed by atoms with Crippen LogP contribution in [0.5, 0.6) is 0 Å². The Morgan fingerprint density at radius 1 is 1.29 bits per heavy atom. The number of anilines is 1. The number of hydrogen-bond acceptors (Lipinski definition) is 4. The first-order valence-electron chi connectivity index (χ1n) is 7.96. The fraction of sp³-hybridized carbons (Fsp3) is 0.333. The Morgan fingerprint density at radius 3 is 2.83 bits per heavy atom. The summed E-state index contributed by atoms with van der Waals surface area (Å²) in [5.74, 6) is 0.162. The van der Waals surface area contributed by atoms with E-state index in [4.69, 9.17) is 0 Å². The average molecular weight is 325 g/mol. The van der Waals surface area contributed by atoms with Gasteiger partial charge in [-0.1, -0.05) is 12.1 Å². The zero-order chi connectivity index (χ0) is 17.3. The summed E-state index contributed by atoms with van der Waals surface area (Å²) in [6.07, 6.45) is 2.49. The lowest BCUT2D eigenvalue weighted by Crippen LogP contribution is -2.32. The summed E-state index contributed by atoms with van der Waals surface area (Å²) in [5.41, 5.74) is 2.53. The summed E-state index contributed by atoms with van der Waals surface area (Å²) in [5, 5.41) is 2.73. The van der Waals surface area contributed by atoms with Crippen molar-refractivity contribution in [1.29, 1.82) is 0 Å². The molecule has 0 fully saturated rings. The first kappa shape index (κ1) is 16.1. The van der Waals surface area contributed by atoms with E-state index >= 15 is 0 Å². The van der Waals surface area contributed by atoms with Crippen molar-refractivity contribution in [2.24, 2.45) is 0 Å². The molecule has 6 heteroatoms. The number of carbonyl (C=O) groups is 2. The number of Topliss-reactive ketones (excluding diaryl/α,β-unsaturated/α-hetero) is 1. The molecule has 1 aromatic carbocycles. The highest BCUT2D eigenvalue weighted by Crippen LogP contribution is 2.16. The normalized spacial score (nSPS) is 12.8. The summed E-state index contributed by atoms with van der Waals surface area (Å²) in [4.78, 5) is 40.7. The first-order valence-corrected chi connectivity index (χ1v) is 7.96. The summed E-state index contributed by atoms with van der Waals surface area (Å²) in [7, 11) is 0. The number of aryl methyl sites for hydroxylation is 2. The molecule has 0 atom stereocenters. The molecule has 3 rings (SSSR count). The van der Waals surface area contributed by atoms with E-state index in [1.165, 1.54) is 11.5 Å². The van der Waals surface area contributed by atoms with E-state index in [1.807, 2.05) is 0 Å². The molecule has 0 saturated heterocycles. The molecule has 0 radical (unpaired) electrons. The third-order valence-electron chi connectivity index (χ3n) is 4.23. The van der Waals surface area contributed by atoms with E-state index in [0.717, 1.165) is 30.5 Å². The van der Waals surface area contributed by atoms with E-state index < -0.39 is 0 Å². The van der Waals surface area contributed by atoms with Crippen molar-refractivity contribution in [1.82, 2.24) is 9.55 Å². The molecule has 24 heavy (non-hydrogen) atoms. The minimum atomic E-state index is -0.319. The highest BCUT2D eigenvalue weighted by atomic mass is 16.2. The zero-order valence-electron chi connectivity index (χ0n) is 13.8. The zero-order valence-corrected chi connectivity index (χ0v) is 13.8. The lowest BCUT2D eigenvalue weighted by Gasteiger charge is -2.12. The molecule has 1 aromatic heterocycles. The molecule has 1 N–H and O–H groups in total. The molecule has 0 spiro atoms. The van der Waals surface area contributed by atoms with Crippen molar-refractivity contribution in [3.8, 4) is 0 Å². The second-order valence-corrected chi connectivity index (χ2v) is 6.01. The number of fused-ring (bicyclic) bond motifs is 1. The van der Waals surface area contributed by atoms with Gasteiger partial charge in [0.15, 0.2) is 5.78 Å². The first-order chi connectivity index (χ1) is 11.5. The molecule has 124 valence electrons. The van der Waals surface area contributed by atoms with E-state index in [0.29, 0.717) is 17.1 Å². The fourth-order valence-electron chi connectivity index (χ4n) is 2.99. The number of rotatable bonds is 4. The van der Waals surface area contributed by atoms with Crippen LogP contribution in [0.2, 0.25) is 0 Å². The Bertz CT molecular complexity index is 884. The molecule has 0 unspecified atom stereocenters. The van der Waals surface area contributed by atoms with Gasteiger partial charge in [0, 0.05) is 16.8 Å². The quantitative estimate of drug-likeness (QED) is 0.870. The van der Waals surface area contributed by atoms with E-state index in [1.54, 1.807) is 31.2 Å². The second kappa shape index (κ2) is 6.39. The van der Waals surface area contributed by atoms with Crippen LogP contribution >= 0.6 is 0 Å². The Labute approximate surface area is 139 Å². The second-order valence-electron chi connectivity index (χ2n) is 6.01. The maximum Gasteiger partial charge on any atom is 0.257 e. The van der Waals surface area contributed by atoms with Crippen LogP contribution in [0.25, 0.3) is 0 Å². The van der Waals surface area contributed by atoms with Crippen molar-refractivity contribution < 1.29 is 9.59 Å². The van der Waals surface area contributed by atoms with E-state index in [2.05, 4.69) is 10.3 Å². The van der Waals surface area contributed by atoms with Gasteiger partial charge >= 0.3 is 0 Å². The summed E-state index contributed by atoms with van der Waals surface area (Å²) in [6, 6.07) is 6.73. The van der Waals surface area contributed by atoms with E-state index in [-0.39, 0.29) is 23.8 Å². The van der Waals surface area contributed by atoms with Gasteiger partial charge in [0.05, 0.1) is 5.69 Å². The van der Waals surface area contributed by atoms with Gasteiger partial charge in [-0.05, 0) is 45.2 Å². The number of carbonyl (C=O) groups excluding carboxylic acids is 2. The van der Waals surface area contributed by atoms with Gasteiger partial charge in [-0.3, -0.25) is 19.0 Å². The Kier molecular flexibility index (Phi) is 4.29. The maximum absolute atomic E-state index is 12.5. The van der Waals surface area contributed by atoms with Crippen LogP contribution in [-0.2, 0) is 24.2 Å². The third-order valence-corrected chi connectivity index (χ3v) is 4.23. The van der Waals surface area contributed by atoms with Crippen molar-refractivity contribution in [2.45, 2.75) is 39.7 Å². The van der Waals surface area contributed by atoms with Crippen LogP contribution in [0.1, 0.15) is 40.8 Å². The summed E-state index contributed by atoms with van der Waals surface area (Å²) >= 11 is 0. The number of nitrogens with zero attached hydrogens (tertiary/aromatic N) is 2. The molecule has 6 nitrogen and oxygen atoms in total. The monoisotopic (exact) mass is 325 g/mol. The third kappa shape index (κ3) is 3.13. The van der Waals surface area contributed by atoms with Gasteiger partial charge in [-0.2, -0.15) is 0 Å². The van der Waals surface area contributed by atoms with Crippen LogP contribution in [0.3, 0.4) is 0 Å². The maximum atomic E-state index is 12.5. The highest BCUT2D eigenvalue weighted by molar-refractivity contribution is 5.97.